The van der Waals surface area contributed by atoms with Gasteiger partial charge in [0.15, 0.2) is 0 Å². The Morgan fingerprint density at radius 1 is 1.26 bits per heavy atom. The molecule has 3 rings (SSSR count). The number of nitrogens with one attached hydrogen (secondary N) is 2. The van der Waals surface area contributed by atoms with Crippen molar-refractivity contribution in [1.82, 2.24) is 10.2 Å². The van der Waals surface area contributed by atoms with Crippen molar-refractivity contribution in [3.8, 4) is 0 Å². The van der Waals surface area contributed by atoms with Crippen LogP contribution in [-0.2, 0) is 9.59 Å². The van der Waals surface area contributed by atoms with Crippen LogP contribution in [0.4, 0.5) is 10.1 Å². The molecule has 0 heterocycles. The van der Waals surface area contributed by atoms with Crippen molar-refractivity contribution >= 4 is 23.5 Å². The zero-order valence-electron chi connectivity index (χ0n) is 15.2. The third-order valence-electron chi connectivity index (χ3n) is 5.03. The molecule has 7 nitrogen and oxygen atoms in total. The maximum Gasteiger partial charge on any atom is 0.317 e. The minimum Gasteiger partial charge on any atom is -0.480 e. The summed E-state index contributed by atoms with van der Waals surface area (Å²) in [5, 5.41) is 14.3. The van der Waals surface area contributed by atoms with Gasteiger partial charge in [0.1, 0.15) is 5.82 Å². The topological polar surface area (TPSA) is 98.7 Å². The number of carbonyl (C=O) groups excluding carboxylic acids is 2. The highest BCUT2D eigenvalue weighted by Gasteiger charge is 2.37. The summed E-state index contributed by atoms with van der Waals surface area (Å²) in [6.45, 7) is 2.10. The molecular weight excluding hydrogens is 353 g/mol. The van der Waals surface area contributed by atoms with Gasteiger partial charge in [0.05, 0.1) is 12.2 Å². The molecule has 0 bridgehead atoms. The summed E-state index contributed by atoms with van der Waals surface area (Å²) in [5.74, 6) is -1.58. The van der Waals surface area contributed by atoms with E-state index in [1.807, 2.05) is 4.90 Å². The van der Waals surface area contributed by atoms with Gasteiger partial charge in [-0.2, -0.15) is 0 Å². The van der Waals surface area contributed by atoms with Crippen LogP contribution in [0.15, 0.2) is 18.2 Å². The average Bonchev–Trinajstić information content (AvgIpc) is 3.35. The maximum atomic E-state index is 13.7. The normalized spacial score (nSPS) is 21.4. The van der Waals surface area contributed by atoms with Gasteiger partial charge in [-0.25, -0.2) is 4.39 Å². The predicted molar refractivity (Wildman–Crippen MR) is 96.9 cm³/mol. The van der Waals surface area contributed by atoms with Gasteiger partial charge in [-0.1, -0.05) is 0 Å². The van der Waals surface area contributed by atoms with E-state index in [0.717, 1.165) is 25.5 Å². The van der Waals surface area contributed by atoms with Crippen LogP contribution in [0.1, 0.15) is 43.0 Å². The molecule has 0 unspecified atom stereocenters. The smallest absolute Gasteiger partial charge is 0.317 e. The van der Waals surface area contributed by atoms with Crippen LogP contribution in [-0.4, -0.2) is 53.0 Å². The Balaban J connectivity index is 1.53. The molecule has 27 heavy (non-hydrogen) atoms. The van der Waals surface area contributed by atoms with Gasteiger partial charge in [-0.05, 0) is 49.8 Å². The monoisotopic (exact) mass is 377 g/mol. The number of benzene rings is 1. The Labute approximate surface area is 156 Å². The lowest BCUT2D eigenvalue weighted by atomic mass is 9.85. The Hall–Kier alpha value is -2.48. The Morgan fingerprint density at radius 3 is 2.56 bits per heavy atom. The van der Waals surface area contributed by atoms with Crippen LogP contribution in [0.25, 0.3) is 0 Å². The van der Waals surface area contributed by atoms with Gasteiger partial charge in [0.25, 0.3) is 5.91 Å². The SMILES string of the molecule is CC(=O)Nc1cc(C(=O)NC2CC(N(CC(=O)O)CC3CC3)C2)ccc1F. The zero-order chi connectivity index (χ0) is 19.6. The number of hydrogen-bond donors (Lipinski definition) is 3. The quantitative estimate of drug-likeness (QED) is 0.642. The molecule has 0 radical (unpaired) electrons. The van der Waals surface area contributed by atoms with E-state index in [0.29, 0.717) is 18.8 Å². The summed E-state index contributed by atoms with van der Waals surface area (Å²) in [5.41, 5.74) is 0.239. The number of halogens is 1. The second-order valence-corrected chi connectivity index (χ2v) is 7.44. The maximum absolute atomic E-state index is 13.7. The molecule has 2 saturated carbocycles. The molecule has 2 fully saturated rings. The summed E-state index contributed by atoms with van der Waals surface area (Å²) in [6.07, 6.45) is 3.71. The summed E-state index contributed by atoms with van der Waals surface area (Å²) < 4.78 is 13.7. The first-order chi connectivity index (χ1) is 12.8. The van der Waals surface area contributed by atoms with Crippen LogP contribution >= 0.6 is 0 Å². The van der Waals surface area contributed by atoms with E-state index in [9.17, 15) is 18.8 Å². The molecule has 0 saturated heterocycles. The molecule has 1 aromatic carbocycles. The molecular formula is C19H24FN3O4. The minimum atomic E-state index is -0.833. The molecule has 146 valence electrons. The molecule has 2 aliphatic carbocycles. The lowest BCUT2D eigenvalue weighted by Crippen LogP contribution is -2.55. The summed E-state index contributed by atoms with van der Waals surface area (Å²) in [4.78, 5) is 36.6. The van der Waals surface area contributed by atoms with E-state index >= 15 is 0 Å². The van der Waals surface area contributed by atoms with Gasteiger partial charge in [-0.15, -0.1) is 0 Å². The molecule has 8 heteroatoms. The van der Waals surface area contributed by atoms with Crippen molar-refractivity contribution in [3.05, 3.63) is 29.6 Å². The van der Waals surface area contributed by atoms with Crippen molar-refractivity contribution in [2.45, 2.75) is 44.7 Å². The van der Waals surface area contributed by atoms with Crippen molar-refractivity contribution in [2.75, 3.05) is 18.4 Å². The third kappa shape index (κ3) is 5.26. The standard InChI is InChI=1S/C19H24FN3O4/c1-11(24)21-17-6-13(4-5-16(17)20)19(27)22-14-7-15(8-14)23(10-18(25)26)9-12-2-3-12/h4-6,12,14-15H,2-3,7-10H2,1H3,(H,21,24)(H,22,27)(H,25,26). The van der Waals surface area contributed by atoms with Crippen molar-refractivity contribution in [3.63, 3.8) is 0 Å². The number of anilines is 1. The van der Waals surface area contributed by atoms with Crippen LogP contribution < -0.4 is 10.6 Å². The van der Waals surface area contributed by atoms with E-state index < -0.39 is 17.7 Å². The molecule has 0 atom stereocenters. The van der Waals surface area contributed by atoms with Gasteiger partial charge >= 0.3 is 5.97 Å². The fourth-order valence-electron chi connectivity index (χ4n) is 3.37. The highest BCUT2D eigenvalue weighted by Crippen LogP contribution is 2.33. The molecule has 2 amide bonds. The number of rotatable bonds is 8. The van der Waals surface area contributed by atoms with E-state index in [1.54, 1.807) is 0 Å². The van der Waals surface area contributed by atoms with Crippen molar-refractivity contribution in [1.29, 1.82) is 0 Å². The van der Waals surface area contributed by atoms with E-state index in [4.69, 9.17) is 5.11 Å². The summed E-state index contributed by atoms with van der Waals surface area (Å²) >= 11 is 0. The minimum absolute atomic E-state index is 0.0276. The van der Waals surface area contributed by atoms with Gasteiger partial charge in [0, 0.05) is 31.1 Å². The number of carboxylic acid groups (broad SMARTS) is 1. The van der Waals surface area contributed by atoms with Crippen molar-refractivity contribution in [2.24, 2.45) is 5.92 Å². The first-order valence-corrected chi connectivity index (χ1v) is 9.15. The fourth-order valence-corrected chi connectivity index (χ4v) is 3.37. The lowest BCUT2D eigenvalue weighted by Gasteiger charge is -2.42. The zero-order valence-corrected chi connectivity index (χ0v) is 15.2. The largest absolute Gasteiger partial charge is 0.480 e. The van der Waals surface area contributed by atoms with Crippen LogP contribution in [0.5, 0.6) is 0 Å². The Morgan fingerprint density at radius 2 is 1.96 bits per heavy atom. The van der Waals surface area contributed by atoms with Gasteiger partial charge < -0.3 is 15.7 Å². The van der Waals surface area contributed by atoms with Crippen LogP contribution in [0, 0.1) is 11.7 Å². The molecule has 1 aromatic rings. The average molecular weight is 377 g/mol. The second kappa shape index (κ2) is 8.04. The second-order valence-electron chi connectivity index (χ2n) is 7.44. The van der Waals surface area contributed by atoms with Crippen LogP contribution in [0.2, 0.25) is 0 Å². The van der Waals surface area contributed by atoms with Gasteiger partial charge in [-0.3, -0.25) is 19.3 Å². The number of aliphatic carboxylic acids is 1. The fraction of sp³-hybridized carbons (Fsp3) is 0.526. The van der Waals surface area contributed by atoms with Crippen LogP contribution in [0.3, 0.4) is 0 Å². The molecule has 0 spiro atoms. The molecule has 0 aromatic heterocycles. The van der Waals surface area contributed by atoms with E-state index in [1.165, 1.54) is 19.1 Å². The third-order valence-corrected chi connectivity index (χ3v) is 5.03. The highest BCUT2D eigenvalue weighted by atomic mass is 19.1. The molecule has 2 aliphatic rings. The Bertz CT molecular complexity index is 744. The number of nitrogens with zero attached hydrogens (tertiary/aromatic N) is 1. The molecule has 0 aliphatic heterocycles. The van der Waals surface area contributed by atoms with E-state index in [-0.39, 0.29) is 35.8 Å². The molecule has 3 N–H and O–H groups in total. The predicted octanol–water partition coefficient (Wildman–Crippen LogP) is 1.84. The summed E-state index contributed by atoms with van der Waals surface area (Å²) in [6, 6.07) is 3.96. The first-order valence-electron chi connectivity index (χ1n) is 9.15. The lowest BCUT2D eigenvalue weighted by molar-refractivity contribution is -0.139. The Kier molecular flexibility index (Phi) is 5.74. The number of hydrogen-bond acceptors (Lipinski definition) is 4. The number of carboxylic acids is 1. The van der Waals surface area contributed by atoms with Gasteiger partial charge in [0.2, 0.25) is 5.91 Å². The summed E-state index contributed by atoms with van der Waals surface area (Å²) in [7, 11) is 0. The van der Waals surface area contributed by atoms with Crippen molar-refractivity contribution < 1.29 is 23.9 Å². The number of amides is 2. The van der Waals surface area contributed by atoms with E-state index in [2.05, 4.69) is 10.6 Å². The first kappa shape index (κ1) is 19.3. The highest BCUT2D eigenvalue weighted by molar-refractivity contribution is 5.97. The number of carbonyl (C=O) groups is 3.